The van der Waals surface area contributed by atoms with Crippen LogP contribution in [-0.4, -0.2) is 13.7 Å². The number of methoxy groups -OCH3 is 1. The molecule has 2 aromatic carbocycles. The molecule has 0 atom stereocenters. The first-order valence-electron chi connectivity index (χ1n) is 12.6. The lowest BCUT2D eigenvalue weighted by molar-refractivity contribution is 0.138. The molecule has 1 fully saturated rings. The van der Waals surface area contributed by atoms with Gasteiger partial charge < -0.3 is 9.64 Å². The number of ether oxygens (including phenoxy) is 1. The molecule has 1 heterocycles. The van der Waals surface area contributed by atoms with E-state index in [0.717, 1.165) is 31.6 Å². The predicted octanol–water partition coefficient (Wildman–Crippen LogP) is 8.41. The number of anilines is 2. The van der Waals surface area contributed by atoms with Crippen molar-refractivity contribution in [3.63, 3.8) is 0 Å². The standard InChI is InChI=1S/C31H41NO/c1-22(2)9-7-10-23(3)11-12-26-19-24(4)25(5)30-29(26)20-31(17-8-18-31)21-32(30)27-13-15-28(33-6)16-14-27/h9,11,13-16,19H,7-8,10,12,17-18,20-21H2,1-6H3. The molecule has 1 aliphatic heterocycles. The molecule has 176 valence electrons. The highest BCUT2D eigenvalue weighted by Gasteiger charge is 2.44. The molecular formula is C31H41NO. The van der Waals surface area contributed by atoms with Gasteiger partial charge in [0.15, 0.2) is 0 Å². The lowest BCUT2D eigenvalue weighted by atomic mass is 9.62. The van der Waals surface area contributed by atoms with Crippen molar-refractivity contribution in [2.24, 2.45) is 5.41 Å². The SMILES string of the molecule is COc1ccc(N2CC3(CCC3)Cc3c(CC=C(C)CCC=C(C)C)cc(C)c(C)c32)cc1. The molecule has 33 heavy (non-hydrogen) atoms. The molecule has 1 saturated carbocycles. The highest BCUT2D eigenvalue weighted by Crippen LogP contribution is 2.53. The molecule has 0 aromatic heterocycles. The third-order valence-corrected chi connectivity index (χ3v) is 7.89. The zero-order valence-corrected chi connectivity index (χ0v) is 21.6. The minimum absolute atomic E-state index is 0.436. The van der Waals surface area contributed by atoms with Crippen molar-refractivity contribution >= 4 is 11.4 Å². The van der Waals surface area contributed by atoms with E-state index in [9.17, 15) is 0 Å². The molecule has 1 spiro atoms. The van der Waals surface area contributed by atoms with Gasteiger partial charge in [0.25, 0.3) is 0 Å². The maximum atomic E-state index is 5.43. The van der Waals surface area contributed by atoms with E-state index < -0.39 is 0 Å². The second kappa shape index (κ2) is 9.79. The van der Waals surface area contributed by atoms with Crippen molar-refractivity contribution in [3.05, 3.63) is 75.9 Å². The summed E-state index contributed by atoms with van der Waals surface area (Å²) in [4.78, 5) is 2.62. The fraction of sp³-hybridized carbons (Fsp3) is 0.484. The molecule has 2 aromatic rings. The molecule has 1 aliphatic carbocycles. The van der Waals surface area contributed by atoms with Crippen LogP contribution in [0.4, 0.5) is 11.4 Å². The molecule has 0 amide bonds. The monoisotopic (exact) mass is 443 g/mol. The molecule has 2 heteroatoms. The molecular weight excluding hydrogens is 402 g/mol. The predicted molar refractivity (Wildman–Crippen MR) is 142 cm³/mol. The Bertz CT molecular complexity index is 1050. The summed E-state index contributed by atoms with van der Waals surface area (Å²) in [6.45, 7) is 12.4. The second-order valence-electron chi connectivity index (χ2n) is 10.7. The van der Waals surface area contributed by atoms with Crippen molar-refractivity contribution in [2.45, 2.75) is 79.6 Å². The Morgan fingerprint density at radius 1 is 1.06 bits per heavy atom. The average Bonchev–Trinajstić information content (AvgIpc) is 2.78. The first-order chi connectivity index (χ1) is 15.8. The van der Waals surface area contributed by atoms with Gasteiger partial charge in [-0.05, 0) is 125 Å². The lowest BCUT2D eigenvalue weighted by Gasteiger charge is -2.51. The number of aryl methyl sites for hydroxylation is 1. The molecule has 2 aliphatic rings. The number of allylic oxidation sites excluding steroid dienone is 4. The number of benzene rings is 2. The van der Waals surface area contributed by atoms with Gasteiger partial charge in [0, 0.05) is 17.9 Å². The van der Waals surface area contributed by atoms with Gasteiger partial charge in [0.1, 0.15) is 5.75 Å². The topological polar surface area (TPSA) is 12.5 Å². The van der Waals surface area contributed by atoms with E-state index in [4.69, 9.17) is 4.74 Å². The van der Waals surface area contributed by atoms with Crippen LogP contribution in [0, 0.1) is 19.3 Å². The van der Waals surface area contributed by atoms with E-state index in [1.165, 1.54) is 64.9 Å². The van der Waals surface area contributed by atoms with Gasteiger partial charge in [-0.25, -0.2) is 0 Å². The summed E-state index contributed by atoms with van der Waals surface area (Å²) in [7, 11) is 1.74. The van der Waals surface area contributed by atoms with Crippen LogP contribution in [0.1, 0.15) is 75.1 Å². The molecule has 0 unspecified atom stereocenters. The number of fused-ring (bicyclic) bond motifs is 1. The van der Waals surface area contributed by atoms with Crippen LogP contribution in [0.3, 0.4) is 0 Å². The summed E-state index contributed by atoms with van der Waals surface area (Å²) in [5.41, 5.74) is 12.1. The minimum atomic E-state index is 0.436. The number of hydrogen-bond donors (Lipinski definition) is 0. The number of nitrogens with zero attached hydrogens (tertiary/aromatic N) is 1. The Morgan fingerprint density at radius 2 is 1.79 bits per heavy atom. The summed E-state index contributed by atoms with van der Waals surface area (Å²) in [6, 6.07) is 11.1. The maximum absolute atomic E-state index is 5.43. The van der Waals surface area contributed by atoms with Crippen molar-refractivity contribution < 1.29 is 4.74 Å². The Morgan fingerprint density at radius 3 is 2.39 bits per heavy atom. The van der Waals surface area contributed by atoms with Crippen molar-refractivity contribution in [3.8, 4) is 5.75 Å². The Labute approximate surface area is 201 Å². The Hall–Kier alpha value is -2.48. The van der Waals surface area contributed by atoms with E-state index in [1.807, 2.05) is 0 Å². The van der Waals surface area contributed by atoms with Crippen LogP contribution in [0.2, 0.25) is 0 Å². The normalized spacial score (nSPS) is 16.9. The van der Waals surface area contributed by atoms with Gasteiger partial charge in [-0.15, -0.1) is 0 Å². The summed E-state index contributed by atoms with van der Waals surface area (Å²) in [6.07, 6.45) is 13.5. The smallest absolute Gasteiger partial charge is 0.119 e. The quantitative estimate of drug-likeness (QED) is 0.398. The van der Waals surface area contributed by atoms with E-state index in [2.05, 4.69) is 82.0 Å². The number of hydrogen-bond acceptors (Lipinski definition) is 2. The van der Waals surface area contributed by atoms with Crippen LogP contribution in [0.25, 0.3) is 0 Å². The fourth-order valence-corrected chi connectivity index (χ4v) is 5.58. The third kappa shape index (κ3) is 5.05. The maximum Gasteiger partial charge on any atom is 0.119 e. The minimum Gasteiger partial charge on any atom is -0.497 e. The fourth-order valence-electron chi connectivity index (χ4n) is 5.58. The first kappa shape index (κ1) is 23.7. The molecule has 4 rings (SSSR count). The highest BCUT2D eigenvalue weighted by atomic mass is 16.5. The zero-order valence-electron chi connectivity index (χ0n) is 21.6. The first-order valence-corrected chi connectivity index (χ1v) is 12.6. The van der Waals surface area contributed by atoms with Crippen LogP contribution in [0.15, 0.2) is 53.6 Å². The largest absolute Gasteiger partial charge is 0.497 e. The van der Waals surface area contributed by atoms with Crippen LogP contribution in [-0.2, 0) is 12.8 Å². The van der Waals surface area contributed by atoms with Crippen LogP contribution < -0.4 is 9.64 Å². The van der Waals surface area contributed by atoms with E-state index in [1.54, 1.807) is 12.7 Å². The number of rotatable bonds is 7. The van der Waals surface area contributed by atoms with E-state index in [0.29, 0.717) is 5.41 Å². The molecule has 0 bridgehead atoms. The van der Waals surface area contributed by atoms with Gasteiger partial charge in [0.2, 0.25) is 0 Å². The molecule has 0 radical (unpaired) electrons. The molecule has 2 nitrogen and oxygen atoms in total. The van der Waals surface area contributed by atoms with Gasteiger partial charge in [-0.3, -0.25) is 0 Å². The second-order valence-corrected chi connectivity index (χ2v) is 10.7. The van der Waals surface area contributed by atoms with Gasteiger partial charge in [-0.1, -0.05) is 35.8 Å². The van der Waals surface area contributed by atoms with Gasteiger partial charge >= 0.3 is 0 Å². The Kier molecular flexibility index (Phi) is 7.02. The van der Waals surface area contributed by atoms with Crippen molar-refractivity contribution in [1.29, 1.82) is 0 Å². The van der Waals surface area contributed by atoms with E-state index in [-0.39, 0.29) is 0 Å². The van der Waals surface area contributed by atoms with Gasteiger partial charge in [0.05, 0.1) is 7.11 Å². The summed E-state index contributed by atoms with van der Waals surface area (Å²) in [5.74, 6) is 0.921. The Balaban J connectivity index is 1.71. The summed E-state index contributed by atoms with van der Waals surface area (Å²) < 4.78 is 5.43. The van der Waals surface area contributed by atoms with Crippen LogP contribution >= 0.6 is 0 Å². The van der Waals surface area contributed by atoms with Gasteiger partial charge in [-0.2, -0.15) is 0 Å². The zero-order chi connectivity index (χ0) is 23.6. The van der Waals surface area contributed by atoms with Crippen LogP contribution in [0.5, 0.6) is 5.75 Å². The third-order valence-electron chi connectivity index (χ3n) is 7.89. The average molecular weight is 444 g/mol. The molecule has 0 saturated heterocycles. The summed E-state index contributed by atoms with van der Waals surface area (Å²) in [5, 5.41) is 0. The van der Waals surface area contributed by atoms with E-state index >= 15 is 0 Å². The highest BCUT2D eigenvalue weighted by molar-refractivity contribution is 5.75. The summed E-state index contributed by atoms with van der Waals surface area (Å²) >= 11 is 0. The van der Waals surface area contributed by atoms with Crippen molar-refractivity contribution in [2.75, 3.05) is 18.6 Å². The van der Waals surface area contributed by atoms with Crippen molar-refractivity contribution in [1.82, 2.24) is 0 Å². The lowest BCUT2D eigenvalue weighted by Crippen LogP contribution is -2.46. The molecule has 0 N–H and O–H groups in total.